The fraction of sp³-hybridized carbons (Fsp3) is 0.333. The first kappa shape index (κ1) is 8.21. The summed E-state index contributed by atoms with van der Waals surface area (Å²) in [5.74, 6) is 0. The highest BCUT2D eigenvalue weighted by Gasteiger charge is 2.00. The van der Waals surface area contributed by atoms with E-state index in [4.69, 9.17) is 5.73 Å². The van der Waals surface area contributed by atoms with E-state index in [2.05, 4.69) is 0 Å². The van der Waals surface area contributed by atoms with Gasteiger partial charge in [-0.3, -0.25) is 0 Å². The van der Waals surface area contributed by atoms with E-state index >= 15 is 0 Å². The summed E-state index contributed by atoms with van der Waals surface area (Å²) < 4.78 is 12.6. The Bertz CT molecular complexity index is 216. The molecular formula is C9H12FN. The smallest absolute Gasteiger partial charge is 0.122 e. The third-order valence-corrected chi connectivity index (χ3v) is 1.67. The topological polar surface area (TPSA) is 26.0 Å². The molecule has 1 rings (SSSR count). The molecule has 0 heterocycles. The SMILES string of the molecule is CC(F)c1ccc(CN)cc1. The standard InChI is InChI=1S/C9H12FN/c1-7(10)9-4-2-8(6-11)3-5-9/h2-5,7H,6,11H2,1H3. The monoisotopic (exact) mass is 153 g/mol. The van der Waals surface area contributed by atoms with Crippen molar-refractivity contribution in [3.05, 3.63) is 35.4 Å². The summed E-state index contributed by atoms with van der Waals surface area (Å²) in [7, 11) is 0. The first-order chi connectivity index (χ1) is 5.24. The van der Waals surface area contributed by atoms with Gasteiger partial charge in [0.15, 0.2) is 0 Å². The van der Waals surface area contributed by atoms with Crippen LogP contribution in [0.25, 0.3) is 0 Å². The zero-order chi connectivity index (χ0) is 8.27. The van der Waals surface area contributed by atoms with Gasteiger partial charge in [-0.15, -0.1) is 0 Å². The molecule has 0 aliphatic rings. The van der Waals surface area contributed by atoms with Gasteiger partial charge in [-0.2, -0.15) is 0 Å². The lowest BCUT2D eigenvalue weighted by molar-refractivity contribution is 0.374. The number of hydrogen-bond acceptors (Lipinski definition) is 1. The number of halogens is 1. The van der Waals surface area contributed by atoms with E-state index < -0.39 is 6.17 Å². The molecule has 0 aliphatic carbocycles. The molecule has 2 heteroatoms. The van der Waals surface area contributed by atoms with E-state index in [0.717, 1.165) is 5.56 Å². The largest absolute Gasteiger partial charge is 0.326 e. The van der Waals surface area contributed by atoms with Crippen molar-refractivity contribution < 1.29 is 4.39 Å². The zero-order valence-electron chi connectivity index (χ0n) is 6.55. The van der Waals surface area contributed by atoms with Crippen molar-refractivity contribution in [1.82, 2.24) is 0 Å². The van der Waals surface area contributed by atoms with Gasteiger partial charge in [0.1, 0.15) is 6.17 Å². The Morgan fingerprint density at radius 1 is 1.36 bits per heavy atom. The Labute approximate surface area is 66.0 Å². The molecular weight excluding hydrogens is 141 g/mol. The Balaban J connectivity index is 2.83. The summed E-state index contributed by atoms with van der Waals surface area (Å²) >= 11 is 0. The molecule has 1 aromatic rings. The van der Waals surface area contributed by atoms with E-state index in [-0.39, 0.29) is 0 Å². The molecule has 1 unspecified atom stereocenters. The van der Waals surface area contributed by atoms with Crippen molar-refractivity contribution in [3.63, 3.8) is 0 Å². The molecule has 0 aliphatic heterocycles. The maximum Gasteiger partial charge on any atom is 0.122 e. The fourth-order valence-corrected chi connectivity index (χ4v) is 0.919. The van der Waals surface area contributed by atoms with Crippen molar-refractivity contribution in [1.29, 1.82) is 0 Å². The molecule has 60 valence electrons. The summed E-state index contributed by atoms with van der Waals surface area (Å²) in [5.41, 5.74) is 7.13. The molecule has 0 amide bonds. The highest BCUT2D eigenvalue weighted by molar-refractivity contribution is 5.23. The lowest BCUT2D eigenvalue weighted by Crippen LogP contribution is -1.96. The van der Waals surface area contributed by atoms with Crippen LogP contribution in [0.15, 0.2) is 24.3 Å². The Kier molecular flexibility index (Phi) is 2.60. The molecule has 0 saturated carbocycles. The summed E-state index contributed by atoms with van der Waals surface area (Å²) in [6.45, 7) is 2.04. The molecule has 0 radical (unpaired) electrons. The minimum absolute atomic E-state index is 0.515. The van der Waals surface area contributed by atoms with Gasteiger partial charge in [0.25, 0.3) is 0 Å². The normalized spacial score (nSPS) is 13.0. The van der Waals surface area contributed by atoms with Crippen LogP contribution in [0, 0.1) is 0 Å². The third-order valence-electron chi connectivity index (χ3n) is 1.67. The van der Waals surface area contributed by atoms with Crippen LogP contribution in [0.4, 0.5) is 4.39 Å². The molecule has 1 atom stereocenters. The minimum atomic E-state index is -0.887. The second-order valence-corrected chi connectivity index (χ2v) is 2.56. The second-order valence-electron chi connectivity index (χ2n) is 2.56. The van der Waals surface area contributed by atoms with Crippen molar-refractivity contribution >= 4 is 0 Å². The van der Waals surface area contributed by atoms with Crippen molar-refractivity contribution in [3.8, 4) is 0 Å². The molecule has 0 spiro atoms. The summed E-state index contributed by atoms with van der Waals surface area (Å²) in [4.78, 5) is 0. The highest BCUT2D eigenvalue weighted by atomic mass is 19.1. The van der Waals surface area contributed by atoms with Crippen molar-refractivity contribution in [2.75, 3.05) is 0 Å². The molecule has 0 aromatic heterocycles. The van der Waals surface area contributed by atoms with Crippen LogP contribution in [0.1, 0.15) is 24.2 Å². The number of alkyl halides is 1. The van der Waals surface area contributed by atoms with Crippen LogP contribution in [0.5, 0.6) is 0 Å². The Hall–Kier alpha value is -0.890. The fourth-order valence-electron chi connectivity index (χ4n) is 0.919. The van der Waals surface area contributed by atoms with Gasteiger partial charge in [0.05, 0.1) is 0 Å². The summed E-state index contributed by atoms with van der Waals surface area (Å²) in [6.07, 6.45) is -0.887. The minimum Gasteiger partial charge on any atom is -0.326 e. The van der Waals surface area contributed by atoms with E-state index in [1.54, 1.807) is 12.1 Å². The van der Waals surface area contributed by atoms with Crippen LogP contribution in [0.2, 0.25) is 0 Å². The third kappa shape index (κ3) is 2.02. The molecule has 11 heavy (non-hydrogen) atoms. The predicted octanol–water partition coefficient (Wildman–Crippen LogP) is 2.18. The quantitative estimate of drug-likeness (QED) is 0.692. The highest BCUT2D eigenvalue weighted by Crippen LogP contribution is 2.16. The first-order valence-corrected chi connectivity index (χ1v) is 3.67. The van der Waals surface area contributed by atoms with E-state index in [9.17, 15) is 4.39 Å². The Morgan fingerprint density at radius 2 is 1.91 bits per heavy atom. The lowest BCUT2D eigenvalue weighted by Gasteiger charge is -2.02. The van der Waals surface area contributed by atoms with E-state index in [1.807, 2.05) is 12.1 Å². The summed E-state index contributed by atoms with van der Waals surface area (Å²) in [6, 6.07) is 7.25. The molecule has 0 fully saturated rings. The van der Waals surface area contributed by atoms with Gasteiger partial charge >= 0.3 is 0 Å². The number of rotatable bonds is 2. The molecule has 1 aromatic carbocycles. The second kappa shape index (κ2) is 3.49. The van der Waals surface area contributed by atoms with Gasteiger partial charge in [-0.05, 0) is 18.1 Å². The van der Waals surface area contributed by atoms with Gasteiger partial charge in [0, 0.05) is 6.54 Å². The maximum atomic E-state index is 12.6. The number of nitrogens with two attached hydrogens (primary N) is 1. The average Bonchev–Trinajstić information content (AvgIpc) is 2.05. The van der Waals surface area contributed by atoms with Crippen LogP contribution in [0.3, 0.4) is 0 Å². The summed E-state index contributed by atoms with van der Waals surface area (Å²) in [5, 5.41) is 0. The predicted molar refractivity (Wildman–Crippen MR) is 43.9 cm³/mol. The first-order valence-electron chi connectivity index (χ1n) is 3.67. The molecule has 2 N–H and O–H groups in total. The number of benzene rings is 1. The van der Waals surface area contributed by atoms with E-state index in [0.29, 0.717) is 12.1 Å². The van der Waals surface area contributed by atoms with Gasteiger partial charge in [-0.25, -0.2) is 4.39 Å². The van der Waals surface area contributed by atoms with Crippen LogP contribution in [-0.2, 0) is 6.54 Å². The lowest BCUT2D eigenvalue weighted by atomic mass is 10.1. The maximum absolute atomic E-state index is 12.6. The van der Waals surface area contributed by atoms with Crippen LogP contribution >= 0.6 is 0 Å². The van der Waals surface area contributed by atoms with Gasteiger partial charge in [-0.1, -0.05) is 24.3 Å². The molecule has 0 saturated heterocycles. The zero-order valence-corrected chi connectivity index (χ0v) is 6.55. The average molecular weight is 153 g/mol. The van der Waals surface area contributed by atoms with Crippen LogP contribution < -0.4 is 5.73 Å². The molecule has 0 bridgehead atoms. The Morgan fingerprint density at radius 3 is 2.27 bits per heavy atom. The van der Waals surface area contributed by atoms with E-state index in [1.165, 1.54) is 6.92 Å². The molecule has 1 nitrogen and oxygen atoms in total. The van der Waals surface area contributed by atoms with Crippen molar-refractivity contribution in [2.24, 2.45) is 5.73 Å². The van der Waals surface area contributed by atoms with Crippen LogP contribution in [-0.4, -0.2) is 0 Å². The van der Waals surface area contributed by atoms with Crippen molar-refractivity contribution in [2.45, 2.75) is 19.6 Å². The number of hydrogen-bond donors (Lipinski definition) is 1. The van der Waals surface area contributed by atoms with Gasteiger partial charge < -0.3 is 5.73 Å². The van der Waals surface area contributed by atoms with Gasteiger partial charge in [0.2, 0.25) is 0 Å².